The van der Waals surface area contributed by atoms with Gasteiger partial charge in [0.1, 0.15) is 5.75 Å². The number of aryl methyl sites for hydroxylation is 1. The summed E-state index contributed by atoms with van der Waals surface area (Å²) in [4.78, 5) is 19.4. The Balaban J connectivity index is 1.30. The summed E-state index contributed by atoms with van der Waals surface area (Å²) in [5, 5.41) is 4.55. The third-order valence-electron chi connectivity index (χ3n) is 7.68. The molecular weight excluding hydrogens is 458 g/mol. The monoisotopic (exact) mass is 495 g/mol. The fourth-order valence-electron chi connectivity index (χ4n) is 5.64. The summed E-state index contributed by atoms with van der Waals surface area (Å²) in [6.07, 6.45) is 5.42. The number of hydrogen-bond donors (Lipinski definition) is 2. The molecule has 5 heteroatoms. The average Bonchev–Trinajstić information content (AvgIpc) is 3.37. The third kappa shape index (κ3) is 5.89. The van der Waals surface area contributed by atoms with Crippen LogP contribution in [-0.4, -0.2) is 42.0 Å². The second kappa shape index (κ2) is 11.7. The van der Waals surface area contributed by atoms with Crippen LogP contribution in [0.5, 0.6) is 5.75 Å². The minimum absolute atomic E-state index is 0.0610. The number of likely N-dealkylation sites (tertiary alicyclic amines) is 1. The molecule has 3 aromatic carbocycles. The van der Waals surface area contributed by atoms with Crippen molar-refractivity contribution in [3.05, 3.63) is 101 Å². The zero-order valence-electron chi connectivity index (χ0n) is 21.9. The molecule has 0 spiro atoms. The van der Waals surface area contributed by atoms with Gasteiger partial charge in [0.15, 0.2) is 0 Å². The molecule has 0 radical (unpaired) electrons. The molecule has 4 aromatic rings. The van der Waals surface area contributed by atoms with Crippen LogP contribution in [0.4, 0.5) is 0 Å². The molecule has 1 aliphatic heterocycles. The van der Waals surface area contributed by atoms with Crippen molar-refractivity contribution in [2.24, 2.45) is 0 Å². The lowest BCUT2D eigenvalue weighted by molar-refractivity contribution is -0.122. The van der Waals surface area contributed by atoms with Gasteiger partial charge >= 0.3 is 0 Å². The molecule has 0 aliphatic carbocycles. The topological polar surface area (TPSA) is 57.4 Å². The van der Waals surface area contributed by atoms with Gasteiger partial charge in [-0.25, -0.2) is 0 Å². The highest BCUT2D eigenvalue weighted by Gasteiger charge is 2.25. The Labute approximate surface area is 219 Å². The standard InChI is InChI=1S/C32H37N3O2/c1-3-24-11-8-14-28-30(21-33-32(24)28)29(25-12-7-13-27(19-25)37-2)20-31(36)34-26-15-17-35(18-16-26)22-23-9-5-4-6-10-23/h4-14,19,21,26,29,33H,3,15-18,20,22H2,1-2H3,(H,34,36)/t29-/m0/s1. The van der Waals surface area contributed by atoms with Gasteiger partial charge < -0.3 is 15.0 Å². The Hall–Kier alpha value is -3.57. The van der Waals surface area contributed by atoms with Gasteiger partial charge in [-0.15, -0.1) is 0 Å². The van der Waals surface area contributed by atoms with E-state index in [2.05, 4.69) is 89.0 Å². The Kier molecular flexibility index (Phi) is 7.90. The van der Waals surface area contributed by atoms with E-state index in [1.807, 2.05) is 12.1 Å². The van der Waals surface area contributed by atoms with Crippen molar-refractivity contribution < 1.29 is 9.53 Å². The molecule has 0 unspecified atom stereocenters. The van der Waals surface area contributed by atoms with E-state index < -0.39 is 0 Å². The van der Waals surface area contributed by atoms with Crippen molar-refractivity contribution in [3.8, 4) is 5.75 Å². The molecular formula is C32H37N3O2. The number of methoxy groups -OCH3 is 1. The lowest BCUT2D eigenvalue weighted by atomic mass is 9.87. The maximum Gasteiger partial charge on any atom is 0.221 e. The largest absolute Gasteiger partial charge is 0.497 e. The Morgan fingerprint density at radius 3 is 2.59 bits per heavy atom. The first-order valence-corrected chi connectivity index (χ1v) is 13.4. The van der Waals surface area contributed by atoms with Crippen LogP contribution < -0.4 is 10.1 Å². The minimum Gasteiger partial charge on any atom is -0.497 e. The van der Waals surface area contributed by atoms with Gasteiger partial charge in [0.2, 0.25) is 5.91 Å². The highest BCUT2D eigenvalue weighted by Crippen LogP contribution is 2.36. The Bertz CT molecular complexity index is 1320. The number of nitrogens with one attached hydrogen (secondary N) is 2. The van der Waals surface area contributed by atoms with Crippen LogP contribution in [0, 0.1) is 0 Å². The number of rotatable bonds is 9. The molecule has 1 atom stereocenters. The minimum atomic E-state index is -0.0610. The average molecular weight is 496 g/mol. The van der Waals surface area contributed by atoms with Crippen molar-refractivity contribution >= 4 is 16.8 Å². The summed E-state index contributed by atoms with van der Waals surface area (Å²) >= 11 is 0. The zero-order valence-corrected chi connectivity index (χ0v) is 21.9. The van der Waals surface area contributed by atoms with E-state index in [9.17, 15) is 4.79 Å². The van der Waals surface area contributed by atoms with Crippen molar-refractivity contribution in [2.45, 2.75) is 51.1 Å². The second-order valence-corrected chi connectivity index (χ2v) is 10.1. The van der Waals surface area contributed by atoms with Gasteiger partial charge in [0.05, 0.1) is 7.11 Å². The summed E-state index contributed by atoms with van der Waals surface area (Å²) in [7, 11) is 1.68. The van der Waals surface area contributed by atoms with Gasteiger partial charge in [-0.2, -0.15) is 0 Å². The van der Waals surface area contributed by atoms with Crippen LogP contribution in [0.3, 0.4) is 0 Å². The summed E-state index contributed by atoms with van der Waals surface area (Å²) in [6.45, 7) is 5.15. The molecule has 2 N–H and O–H groups in total. The maximum absolute atomic E-state index is 13.4. The normalized spacial score (nSPS) is 15.5. The van der Waals surface area contributed by atoms with E-state index in [1.165, 1.54) is 22.0 Å². The number of amides is 1. The van der Waals surface area contributed by atoms with E-state index in [4.69, 9.17) is 4.74 Å². The van der Waals surface area contributed by atoms with Crippen molar-refractivity contribution in [2.75, 3.05) is 20.2 Å². The number of nitrogens with zero attached hydrogens (tertiary/aromatic N) is 1. The quantitative estimate of drug-likeness (QED) is 0.298. The third-order valence-corrected chi connectivity index (χ3v) is 7.68. The predicted octanol–water partition coefficient (Wildman–Crippen LogP) is 6.04. The molecule has 37 heavy (non-hydrogen) atoms. The molecule has 192 valence electrons. The van der Waals surface area contributed by atoms with Crippen molar-refractivity contribution in [3.63, 3.8) is 0 Å². The number of carbonyl (C=O) groups is 1. The molecule has 2 heterocycles. The lowest BCUT2D eigenvalue weighted by Gasteiger charge is -2.32. The summed E-state index contributed by atoms with van der Waals surface area (Å²) in [6, 6.07) is 25.4. The van der Waals surface area contributed by atoms with E-state index in [0.29, 0.717) is 6.42 Å². The molecule has 1 amide bonds. The molecule has 1 fully saturated rings. The fraction of sp³-hybridized carbons (Fsp3) is 0.344. The number of piperidine rings is 1. The predicted molar refractivity (Wildman–Crippen MR) is 150 cm³/mol. The highest BCUT2D eigenvalue weighted by atomic mass is 16.5. The van der Waals surface area contributed by atoms with Crippen LogP contribution in [0.15, 0.2) is 79.0 Å². The van der Waals surface area contributed by atoms with Crippen molar-refractivity contribution in [1.82, 2.24) is 15.2 Å². The molecule has 1 saturated heterocycles. The van der Waals surface area contributed by atoms with Crippen LogP contribution in [0.25, 0.3) is 10.9 Å². The van der Waals surface area contributed by atoms with Crippen molar-refractivity contribution in [1.29, 1.82) is 0 Å². The summed E-state index contributed by atoms with van der Waals surface area (Å²) in [5.41, 5.74) is 6.05. The SMILES string of the molecule is CCc1cccc2c([C@@H](CC(=O)NC3CCN(Cc4ccccc4)CC3)c3cccc(OC)c3)c[nH]c12. The second-order valence-electron chi connectivity index (χ2n) is 10.1. The number of aromatic amines is 1. The van der Waals surface area contributed by atoms with Gasteiger partial charge in [-0.3, -0.25) is 9.69 Å². The lowest BCUT2D eigenvalue weighted by Crippen LogP contribution is -2.44. The number of H-pyrrole nitrogens is 1. The number of carbonyl (C=O) groups excluding carboxylic acids is 1. The number of hydrogen-bond acceptors (Lipinski definition) is 3. The molecule has 0 bridgehead atoms. The van der Waals surface area contributed by atoms with E-state index in [-0.39, 0.29) is 17.9 Å². The van der Waals surface area contributed by atoms with E-state index in [1.54, 1.807) is 7.11 Å². The Morgan fingerprint density at radius 1 is 1.05 bits per heavy atom. The molecule has 1 aliphatic rings. The van der Waals surface area contributed by atoms with Crippen LogP contribution in [0.2, 0.25) is 0 Å². The first kappa shape index (κ1) is 25.1. The highest BCUT2D eigenvalue weighted by molar-refractivity contribution is 5.88. The van der Waals surface area contributed by atoms with E-state index >= 15 is 0 Å². The number of para-hydroxylation sites is 1. The molecule has 5 nitrogen and oxygen atoms in total. The van der Waals surface area contributed by atoms with Gasteiger partial charge in [0.25, 0.3) is 0 Å². The number of aromatic nitrogens is 1. The summed E-state index contributed by atoms with van der Waals surface area (Å²) in [5.74, 6) is 0.854. The van der Waals surface area contributed by atoms with Crippen LogP contribution >= 0.6 is 0 Å². The molecule has 1 aromatic heterocycles. The van der Waals surface area contributed by atoms with Gasteiger partial charge in [0, 0.05) is 55.1 Å². The van der Waals surface area contributed by atoms with Crippen LogP contribution in [-0.2, 0) is 17.8 Å². The van der Waals surface area contributed by atoms with Gasteiger partial charge in [-0.05, 0) is 53.6 Å². The number of fused-ring (bicyclic) bond motifs is 1. The first-order chi connectivity index (χ1) is 18.1. The van der Waals surface area contributed by atoms with E-state index in [0.717, 1.165) is 55.8 Å². The summed E-state index contributed by atoms with van der Waals surface area (Å²) < 4.78 is 5.51. The van der Waals surface area contributed by atoms with Gasteiger partial charge in [-0.1, -0.05) is 67.6 Å². The fourth-order valence-corrected chi connectivity index (χ4v) is 5.64. The molecule has 0 saturated carbocycles. The zero-order chi connectivity index (χ0) is 25.6. The first-order valence-electron chi connectivity index (χ1n) is 13.4. The smallest absolute Gasteiger partial charge is 0.221 e. The Morgan fingerprint density at radius 2 is 1.84 bits per heavy atom. The van der Waals surface area contributed by atoms with Crippen LogP contribution in [0.1, 0.15) is 54.4 Å². The maximum atomic E-state index is 13.4. The number of benzene rings is 3. The number of ether oxygens (including phenoxy) is 1. The molecule has 5 rings (SSSR count).